The Hall–Kier alpha value is -4.21. The number of aliphatic imine (C=N–C) groups is 2. The molecule has 20 heteroatoms. The number of carbonyl (C=O) groups is 4. The maximum Gasteiger partial charge on any atom is 0.351 e. The molecule has 20 nitrogen and oxygen atoms in total. The van der Waals surface area contributed by atoms with Crippen molar-refractivity contribution in [3.05, 3.63) is 17.3 Å². The summed E-state index contributed by atoms with van der Waals surface area (Å²) in [4.78, 5) is 106. The van der Waals surface area contributed by atoms with Gasteiger partial charge in [0.15, 0.2) is 5.54 Å². The maximum atomic E-state index is 17.8. The van der Waals surface area contributed by atoms with Gasteiger partial charge in [-0.1, -0.05) is 40.0 Å². The van der Waals surface area contributed by atoms with Gasteiger partial charge in [0.1, 0.15) is 28.2 Å². The number of carboxylic acid groups (broad SMARTS) is 4. The second-order valence-corrected chi connectivity index (χ2v) is 42.6. The Morgan fingerprint density at radius 2 is 0.889 bits per heavy atom. The van der Waals surface area contributed by atoms with Gasteiger partial charge < -0.3 is 52.0 Å². The van der Waals surface area contributed by atoms with Crippen molar-refractivity contribution in [2.75, 3.05) is 6.54 Å². The van der Waals surface area contributed by atoms with Crippen LogP contribution in [-0.2, 0) is 30.1 Å². The minimum absolute atomic E-state index is 0.0275. The fraction of sp³-hybridized carbons (Fsp3) is 0.886. The van der Waals surface area contributed by atoms with E-state index in [0.717, 1.165) is 19.3 Å². The van der Waals surface area contributed by atoms with Crippen LogP contribution in [0.15, 0.2) is 15.0 Å². The van der Waals surface area contributed by atoms with Crippen molar-refractivity contribution in [3.8, 4) is 0 Å². The monoisotopic (exact) mass is 1380 g/mol. The van der Waals surface area contributed by atoms with Gasteiger partial charge in [0.05, 0.1) is 33.7 Å². The molecule has 8 aliphatic heterocycles. The first kappa shape index (κ1) is 78.9. The van der Waals surface area contributed by atoms with E-state index in [4.69, 9.17) is 24.9 Å². The molecule has 10 N–H and O–H groups in total. The van der Waals surface area contributed by atoms with Gasteiger partial charge in [-0.15, -0.1) is 0 Å². The standard InChI is InChI=1S/C79H136N12O8/c1-61(2,3)46-72(24,25)85-60-82-55-75-34-32-30-31-33-35-91(74(75,28)29)73(26,27)54(80-51-44-70(20,21)90-71(22,23)45-51)79(75,56(81-55)83-60)84-52(53(92)93)77(58(96)97,49-40-66(12,13)88-67(14,15)41-49)78(59(98)99,50-42-68(16,17)89-69(18,19)43-50)76(57(94)95,47-36-62(4,5)86-63(6,7)37-47)48-38-64(8,9)87-65(10,11)39-48/h47-51,86-90H,30-46H2,1-29H3,(H,92,93)(H,94,95)(H,96,97)(H,98,99)(H,81,82,83,85). The number of nitrogens with zero attached hydrogens (tertiary/aromatic N) is 6. The number of H-pyrrole nitrogens is 1. The van der Waals surface area contributed by atoms with Gasteiger partial charge in [-0.25, -0.2) is 14.8 Å². The maximum absolute atomic E-state index is 17.8. The molecule has 0 radical (unpaired) electrons. The van der Waals surface area contributed by atoms with Gasteiger partial charge in [0.25, 0.3) is 0 Å². The number of carboxylic acids is 4. The molecule has 4 bridgehead atoms. The Morgan fingerprint density at radius 3 is 1.27 bits per heavy atom. The molecule has 0 aliphatic carbocycles. The van der Waals surface area contributed by atoms with Crippen molar-refractivity contribution in [3.63, 3.8) is 0 Å². The Balaban J connectivity index is 1.68. The summed E-state index contributed by atoms with van der Waals surface area (Å²) < 4.78 is 0. The molecule has 560 valence electrons. The molecule has 0 amide bonds. The fourth-order valence-electron chi connectivity index (χ4n) is 25.7. The number of fused-ring (bicyclic) bond motifs is 4. The molecular formula is C79H136N12O8. The number of hydrogen-bond acceptors (Lipinski definition) is 15. The van der Waals surface area contributed by atoms with Crippen LogP contribution >= 0.6 is 0 Å². The topological polar surface area (TPSA) is 291 Å². The fourth-order valence-corrected chi connectivity index (χ4v) is 25.7. The molecular weight excluding hydrogens is 1240 g/mol. The quantitative estimate of drug-likeness (QED) is 0.0730. The highest BCUT2D eigenvalue weighted by molar-refractivity contribution is 6.43. The summed E-state index contributed by atoms with van der Waals surface area (Å²) in [6.45, 7) is 60.8. The van der Waals surface area contributed by atoms with Crippen molar-refractivity contribution in [1.82, 2.24) is 46.4 Å². The summed E-state index contributed by atoms with van der Waals surface area (Å²) in [5.74, 6) is -10.9. The molecule has 0 saturated carbocycles. The minimum atomic E-state index is -3.24. The van der Waals surface area contributed by atoms with Gasteiger partial charge in [0.2, 0.25) is 5.62 Å². The number of piperidine rings is 6. The van der Waals surface area contributed by atoms with E-state index in [1.807, 2.05) is 111 Å². The lowest BCUT2D eigenvalue weighted by Crippen LogP contribution is -2.82. The van der Waals surface area contributed by atoms with Gasteiger partial charge in [-0.3, -0.25) is 29.3 Å². The Kier molecular flexibility index (Phi) is 19.3. The Labute approximate surface area is 595 Å². The van der Waals surface area contributed by atoms with Crippen LogP contribution in [0.4, 0.5) is 0 Å². The molecule has 7 saturated heterocycles. The van der Waals surface area contributed by atoms with Gasteiger partial charge in [-0.2, -0.15) is 4.98 Å². The first-order chi connectivity index (χ1) is 44.4. The minimum Gasteiger partial charge on any atom is -0.481 e. The molecule has 1 spiro atoms. The van der Waals surface area contributed by atoms with Crippen LogP contribution in [0.25, 0.3) is 0 Å². The summed E-state index contributed by atoms with van der Waals surface area (Å²) in [6, 6.07) is -0.413. The lowest BCUT2D eigenvalue weighted by Gasteiger charge is -2.69. The van der Waals surface area contributed by atoms with Crippen LogP contribution in [0.5, 0.6) is 0 Å². The summed E-state index contributed by atoms with van der Waals surface area (Å²) >= 11 is 0. The van der Waals surface area contributed by atoms with E-state index in [0.29, 0.717) is 50.2 Å². The third-order valence-electron chi connectivity index (χ3n) is 25.3. The zero-order valence-electron chi connectivity index (χ0n) is 67.0. The number of aliphatic carboxylic acids is 4. The number of hydrogen-bond donors (Lipinski definition) is 10. The molecule has 8 aliphatic rings. The predicted octanol–water partition coefficient (Wildman–Crippen LogP) is 12.9. The number of rotatable bonds is 15. The van der Waals surface area contributed by atoms with Crippen LogP contribution in [0, 0.1) is 45.3 Å². The predicted molar refractivity (Wildman–Crippen MR) is 395 cm³/mol. The van der Waals surface area contributed by atoms with Gasteiger partial charge in [-0.05, 0) is 299 Å². The van der Waals surface area contributed by atoms with E-state index < -0.39 is 159 Å². The molecule has 7 fully saturated rings. The molecule has 1 aromatic rings. The first-order valence-electron chi connectivity index (χ1n) is 37.8. The van der Waals surface area contributed by atoms with E-state index in [2.05, 4.69) is 126 Å². The molecule has 0 aromatic carbocycles. The third kappa shape index (κ3) is 13.5. The second kappa shape index (κ2) is 24.2. The largest absolute Gasteiger partial charge is 0.481 e. The Morgan fingerprint density at radius 1 is 0.495 bits per heavy atom. The zero-order chi connectivity index (χ0) is 75.0. The Bertz CT molecular complexity index is 3370. The number of aromatic nitrogens is 3. The average molecular weight is 1380 g/mol. The van der Waals surface area contributed by atoms with Crippen molar-refractivity contribution >= 4 is 35.3 Å². The summed E-state index contributed by atoms with van der Waals surface area (Å²) in [5.41, 5.74) is -24.0. The first-order valence-corrected chi connectivity index (χ1v) is 37.8. The van der Waals surface area contributed by atoms with Crippen LogP contribution in [0.2, 0.25) is 0 Å². The van der Waals surface area contributed by atoms with E-state index in [1.165, 1.54) is 0 Å². The van der Waals surface area contributed by atoms with Crippen molar-refractivity contribution in [2.45, 2.75) is 393 Å². The normalized spacial score (nSPS) is 32.3. The SMILES string of the molecule is CC(C)(C)CC(C)(C)N=c1nc2nc([nH]1)C1(N=C(C(=O)O)C(C(=O)O)(C3CC(C)(C)NC(C)(C)C3)C(C(=O)O)(C3CC(C)(C)NC(C)(C)C3)C(C(=O)O)(C3CC(C)(C)NC(C)(C)C3)C3CC(C)(C)NC(C)(C)C3)C(=NC3CC(C)(C)NC(C)(C)C3)C(C)(C)N3CCCCCCC21C3(C)C. The lowest BCUT2D eigenvalue weighted by atomic mass is 9.32. The van der Waals surface area contributed by atoms with Gasteiger partial charge in [0, 0.05) is 60.9 Å². The summed E-state index contributed by atoms with van der Waals surface area (Å²) in [7, 11) is 0. The third-order valence-corrected chi connectivity index (χ3v) is 25.3. The lowest BCUT2D eigenvalue weighted by molar-refractivity contribution is -0.243. The highest BCUT2D eigenvalue weighted by Gasteiger charge is 2.86. The van der Waals surface area contributed by atoms with Gasteiger partial charge >= 0.3 is 23.9 Å². The number of nitrogens with one attached hydrogen (secondary N) is 6. The highest BCUT2D eigenvalue weighted by Crippen LogP contribution is 2.75. The highest BCUT2D eigenvalue weighted by atomic mass is 16.4. The van der Waals surface area contributed by atoms with Crippen molar-refractivity contribution in [2.24, 2.45) is 60.3 Å². The van der Waals surface area contributed by atoms with Crippen LogP contribution < -0.4 is 32.2 Å². The molecule has 1 aromatic heterocycles. The molecule has 9 rings (SSSR count). The zero-order valence-corrected chi connectivity index (χ0v) is 67.0. The molecule has 9 heterocycles. The number of aromatic amines is 1. The summed E-state index contributed by atoms with van der Waals surface area (Å²) in [6.07, 6.45) is 5.58. The average Bonchev–Trinajstić information content (AvgIpc) is 1.64. The summed E-state index contributed by atoms with van der Waals surface area (Å²) in [5, 5.41) is 76.1. The van der Waals surface area contributed by atoms with E-state index in [9.17, 15) is 20.4 Å². The molecule has 5 unspecified atom stereocenters. The van der Waals surface area contributed by atoms with Crippen LogP contribution in [0.1, 0.15) is 315 Å². The smallest absolute Gasteiger partial charge is 0.351 e. The van der Waals surface area contributed by atoms with Crippen molar-refractivity contribution in [1.29, 1.82) is 0 Å². The molecule has 5 atom stereocenters. The molecule has 99 heavy (non-hydrogen) atoms. The van der Waals surface area contributed by atoms with Crippen LogP contribution in [-0.4, -0.2) is 160 Å². The van der Waals surface area contributed by atoms with E-state index in [1.54, 1.807) is 0 Å². The van der Waals surface area contributed by atoms with E-state index in [-0.39, 0.29) is 68.2 Å². The van der Waals surface area contributed by atoms with Crippen molar-refractivity contribution < 1.29 is 39.6 Å². The van der Waals surface area contributed by atoms with Crippen LogP contribution in [0.3, 0.4) is 0 Å². The second-order valence-electron chi connectivity index (χ2n) is 42.6. The van der Waals surface area contributed by atoms with E-state index >= 15 is 19.2 Å².